The van der Waals surface area contributed by atoms with Crippen molar-refractivity contribution in [3.63, 3.8) is 0 Å². The molecular weight excluding hydrogens is 290 g/mol. The normalized spacial score (nSPS) is 26.7. The molecule has 2 heterocycles. The predicted molar refractivity (Wildman–Crippen MR) is 94.8 cm³/mol. The monoisotopic (exact) mass is 323 g/mol. The van der Waals surface area contributed by atoms with Crippen LogP contribution in [0.25, 0.3) is 0 Å². The highest BCUT2D eigenvalue weighted by molar-refractivity contribution is 5.48. The van der Waals surface area contributed by atoms with Crippen LogP contribution in [0.2, 0.25) is 0 Å². The van der Waals surface area contributed by atoms with Crippen molar-refractivity contribution in [2.75, 3.05) is 13.1 Å². The zero-order chi connectivity index (χ0) is 15.1. The van der Waals surface area contributed by atoms with Gasteiger partial charge in [0.25, 0.3) is 0 Å². The fraction of sp³-hybridized carbons (Fsp3) is 0.684. The summed E-state index contributed by atoms with van der Waals surface area (Å²) >= 11 is 0. The number of piperidine rings is 1. The molecule has 3 N–H and O–H groups in total. The molecule has 4 nitrogen and oxygen atoms in total. The molecular formula is C19H33NO3. The number of benzene rings is 1. The van der Waals surface area contributed by atoms with Gasteiger partial charge in [0.15, 0.2) is 11.5 Å². The molecule has 1 saturated heterocycles. The molecule has 0 saturated carbocycles. The van der Waals surface area contributed by atoms with Gasteiger partial charge in [-0.2, -0.15) is 0 Å². The lowest BCUT2D eigenvalue weighted by molar-refractivity contribution is -0.0191. The summed E-state index contributed by atoms with van der Waals surface area (Å²) in [4.78, 5) is 2.43. The van der Waals surface area contributed by atoms with Gasteiger partial charge in [0, 0.05) is 19.1 Å². The Balaban J connectivity index is 0.00000132. The molecule has 0 aromatic heterocycles. The van der Waals surface area contributed by atoms with Crippen LogP contribution in [0.4, 0.5) is 0 Å². The summed E-state index contributed by atoms with van der Waals surface area (Å²) in [6, 6.07) is 3.52. The molecule has 3 rings (SSSR count). The summed E-state index contributed by atoms with van der Waals surface area (Å²) in [5.74, 6) is 0.832. The molecule has 23 heavy (non-hydrogen) atoms. The first-order valence-electron chi connectivity index (χ1n) is 7.92. The summed E-state index contributed by atoms with van der Waals surface area (Å²) < 4.78 is 0. The van der Waals surface area contributed by atoms with Gasteiger partial charge in [-0.15, -0.1) is 0 Å². The first-order valence-corrected chi connectivity index (χ1v) is 7.92. The van der Waals surface area contributed by atoms with E-state index in [1.165, 1.54) is 0 Å². The van der Waals surface area contributed by atoms with Crippen molar-refractivity contribution in [3.8, 4) is 11.5 Å². The average molecular weight is 323 g/mol. The summed E-state index contributed by atoms with van der Waals surface area (Å²) in [5.41, 5.74) is 2.17. The van der Waals surface area contributed by atoms with Crippen LogP contribution in [0.3, 0.4) is 0 Å². The van der Waals surface area contributed by atoms with Crippen LogP contribution in [-0.2, 0) is 6.42 Å². The number of fused-ring (bicyclic) bond motifs is 3. The lowest BCUT2D eigenvalue weighted by Crippen LogP contribution is -2.48. The Labute approximate surface area is 140 Å². The molecule has 0 unspecified atom stereocenters. The highest BCUT2D eigenvalue weighted by atomic mass is 16.3. The Morgan fingerprint density at radius 2 is 1.83 bits per heavy atom. The van der Waals surface area contributed by atoms with E-state index in [9.17, 15) is 15.3 Å². The van der Waals surface area contributed by atoms with E-state index in [0.29, 0.717) is 18.3 Å². The molecule has 1 aromatic carbocycles. The molecule has 2 aliphatic heterocycles. The Kier molecular flexibility index (Phi) is 6.49. The third-order valence-electron chi connectivity index (χ3n) is 4.96. The highest BCUT2D eigenvalue weighted by Crippen LogP contribution is 2.42. The second-order valence-electron chi connectivity index (χ2n) is 6.99. The van der Waals surface area contributed by atoms with Crippen molar-refractivity contribution in [1.82, 2.24) is 4.90 Å². The van der Waals surface area contributed by atoms with Gasteiger partial charge in [-0.05, 0) is 54.4 Å². The van der Waals surface area contributed by atoms with Crippen LogP contribution in [-0.4, -0.2) is 39.4 Å². The van der Waals surface area contributed by atoms with Gasteiger partial charge in [0.1, 0.15) is 0 Å². The van der Waals surface area contributed by atoms with Crippen LogP contribution in [0.1, 0.15) is 58.7 Å². The van der Waals surface area contributed by atoms with Crippen molar-refractivity contribution in [1.29, 1.82) is 0 Å². The molecule has 1 fully saturated rings. The molecule has 0 aliphatic carbocycles. The number of nitrogens with zero attached hydrogens (tertiary/aromatic N) is 1. The summed E-state index contributed by atoms with van der Waals surface area (Å²) in [5, 5.41) is 29.9. The maximum absolute atomic E-state index is 10.5. The smallest absolute Gasteiger partial charge is 0.157 e. The van der Waals surface area contributed by atoms with E-state index in [-0.39, 0.29) is 38.5 Å². The second kappa shape index (κ2) is 7.54. The number of phenolic OH excluding ortho intramolecular Hbond substituents is 2. The maximum atomic E-state index is 10.5. The largest absolute Gasteiger partial charge is 0.504 e. The minimum Gasteiger partial charge on any atom is -0.504 e. The molecule has 132 valence electrons. The minimum atomic E-state index is -0.282. The van der Waals surface area contributed by atoms with Crippen LogP contribution in [0.15, 0.2) is 12.1 Å². The van der Waals surface area contributed by atoms with E-state index in [1.54, 1.807) is 12.1 Å². The van der Waals surface area contributed by atoms with Crippen molar-refractivity contribution in [2.45, 2.75) is 60.1 Å². The van der Waals surface area contributed by atoms with E-state index < -0.39 is 0 Å². The van der Waals surface area contributed by atoms with E-state index in [4.69, 9.17) is 0 Å². The highest BCUT2D eigenvalue weighted by Gasteiger charge is 2.38. The van der Waals surface area contributed by atoms with Crippen LogP contribution in [0.5, 0.6) is 11.5 Å². The zero-order valence-corrected chi connectivity index (χ0v) is 12.8. The topological polar surface area (TPSA) is 63.9 Å². The average Bonchev–Trinajstić information content (AvgIpc) is 2.41. The van der Waals surface area contributed by atoms with Gasteiger partial charge < -0.3 is 15.3 Å². The third kappa shape index (κ3) is 3.81. The molecule has 3 atom stereocenters. The number of aliphatic hydroxyl groups excluding tert-OH is 1. The van der Waals surface area contributed by atoms with Gasteiger partial charge >= 0.3 is 0 Å². The maximum Gasteiger partial charge on any atom is 0.157 e. The fourth-order valence-electron chi connectivity index (χ4n) is 3.96. The minimum absolute atomic E-state index is 0. The number of aliphatic hydroxyl groups is 1. The predicted octanol–water partition coefficient (Wildman–Crippen LogP) is 3.70. The van der Waals surface area contributed by atoms with Gasteiger partial charge in [-0.25, -0.2) is 0 Å². The molecule has 0 amide bonds. The van der Waals surface area contributed by atoms with Gasteiger partial charge in [0.05, 0.1) is 6.10 Å². The zero-order valence-electron chi connectivity index (χ0n) is 12.8. The molecule has 4 heteroatoms. The Morgan fingerprint density at radius 1 is 1.17 bits per heavy atom. The van der Waals surface area contributed by atoms with Crippen molar-refractivity contribution in [2.24, 2.45) is 11.8 Å². The number of phenols is 2. The standard InChI is InChI=1S/C17H25NO3.2CH4/c1-10(2)5-12-9-18-4-3-11-6-16(20)17(21)7-13(11)14(18)8-15(12)19;;/h6-7,10,12,14-15,19-21H,3-5,8-9H2,1-2H3;2*1H4/t12-,14+,15-;;/m1../s1. The number of aromatic hydroxyl groups is 2. The lowest BCUT2D eigenvalue weighted by atomic mass is 9.79. The Bertz CT molecular complexity index is 530. The summed E-state index contributed by atoms with van der Waals surface area (Å²) in [6.07, 6.45) is 2.38. The number of hydrogen-bond acceptors (Lipinski definition) is 4. The van der Waals surface area contributed by atoms with Crippen molar-refractivity contribution >= 4 is 0 Å². The first-order chi connectivity index (χ1) is 9.95. The van der Waals surface area contributed by atoms with Crippen molar-refractivity contribution < 1.29 is 15.3 Å². The van der Waals surface area contributed by atoms with Gasteiger partial charge in [-0.1, -0.05) is 28.7 Å². The summed E-state index contributed by atoms with van der Waals surface area (Å²) in [7, 11) is 0. The van der Waals surface area contributed by atoms with E-state index >= 15 is 0 Å². The number of rotatable bonds is 2. The van der Waals surface area contributed by atoms with E-state index in [1.807, 2.05) is 0 Å². The van der Waals surface area contributed by atoms with E-state index in [0.717, 1.165) is 37.1 Å². The fourth-order valence-corrected chi connectivity index (χ4v) is 3.96. The SMILES string of the molecule is C.C.CC(C)C[C@@H]1CN2CCc3cc(O)c(O)cc3[C@@H]2C[C@H]1O. The molecule has 0 spiro atoms. The summed E-state index contributed by atoms with van der Waals surface area (Å²) in [6.45, 7) is 6.28. The van der Waals surface area contributed by atoms with Crippen LogP contribution < -0.4 is 0 Å². The molecule has 1 aromatic rings. The second-order valence-corrected chi connectivity index (χ2v) is 6.99. The van der Waals surface area contributed by atoms with E-state index in [2.05, 4.69) is 18.7 Å². The van der Waals surface area contributed by atoms with Gasteiger partial charge in [-0.3, -0.25) is 4.90 Å². The van der Waals surface area contributed by atoms with Crippen LogP contribution >= 0.6 is 0 Å². The Morgan fingerprint density at radius 3 is 2.48 bits per heavy atom. The van der Waals surface area contributed by atoms with Crippen molar-refractivity contribution in [3.05, 3.63) is 23.3 Å². The quantitative estimate of drug-likeness (QED) is 0.726. The number of hydrogen-bond donors (Lipinski definition) is 3. The Hall–Kier alpha value is -1.26. The molecule has 0 radical (unpaired) electrons. The molecule has 2 aliphatic rings. The van der Waals surface area contributed by atoms with Gasteiger partial charge in [0.2, 0.25) is 0 Å². The molecule has 0 bridgehead atoms. The third-order valence-corrected chi connectivity index (χ3v) is 4.96. The first kappa shape index (κ1) is 19.8. The lowest BCUT2D eigenvalue weighted by Gasteiger charge is -2.46. The van der Waals surface area contributed by atoms with Crippen LogP contribution in [0, 0.1) is 11.8 Å².